The van der Waals surface area contributed by atoms with Gasteiger partial charge in [0, 0.05) is 36.7 Å². The van der Waals surface area contributed by atoms with E-state index in [4.69, 9.17) is 0 Å². The molecule has 0 aliphatic carbocycles. The molecular weight excluding hydrogens is 228 g/mol. The summed E-state index contributed by atoms with van der Waals surface area (Å²) in [5.41, 5.74) is 0. The van der Waals surface area contributed by atoms with Crippen molar-refractivity contribution in [2.75, 3.05) is 38.5 Å². The van der Waals surface area contributed by atoms with E-state index in [0.29, 0.717) is 4.75 Å². The van der Waals surface area contributed by atoms with Gasteiger partial charge in [0.15, 0.2) is 0 Å². The van der Waals surface area contributed by atoms with Crippen molar-refractivity contribution < 1.29 is 0 Å². The van der Waals surface area contributed by atoms with Crippen molar-refractivity contribution in [3.63, 3.8) is 0 Å². The van der Waals surface area contributed by atoms with Gasteiger partial charge in [0.2, 0.25) is 0 Å². The first-order chi connectivity index (χ1) is 7.99. The van der Waals surface area contributed by atoms with Crippen LogP contribution in [0.5, 0.6) is 0 Å². The van der Waals surface area contributed by atoms with E-state index in [1.807, 2.05) is 0 Å². The summed E-state index contributed by atoms with van der Waals surface area (Å²) in [6.45, 7) is 15.4. The molecule has 1 aliphatic heterocycles. The number of hydrogen-bond acceptors (Lipinski definition) is 3. The maximum Gasteiger partial charge on any atom is 0.0231 e. The van der Waals surface area contributed by atoms with E-state index in [2.05, 4.69) is 49.7 Å². The van der Waals surface area contributed by atoms with Crippen LogP contribution in [-0.4, -0.2) is 48.1 Å². The Balaban J connectivity index is 1.99. The van der Waals surface area contributed by atoms with Gasteiger partial charge in [-0.2, -0.15) is 11.8 Å². The Kier molecular flexibility index (Phi) is 6.90. The van der Waals surface area contributed by atoms with Crippen LogP contribution in [0.25, 0.3) is 0 Å². The SMILES string of the molecule is CC(C)CCCNCCN1CCSC(C)(C)C1. The summed E-state index contributed by atoms with van der Waals surface area (Å²) in [4.78, 5) is 2.60. The van der Waals surface area contributed by atoms with Crippen LogP contribution in [0.4, 0.5) is 0 Å². The molecule has 0 aromatic carbocycles. The lowest BCUT2D eigenvalue weighted by molar-refractivity contribution is 0.260. The second-order valence-electron chi connectivity index (χ2n) is 6.17. The molecule has 0 saturated carbocycles. The highest BCUT2D eigenvalue weighted by Gasteiger charge is 2.26. The summed E-state index contributed by atoms with van der Waals surface area (Å²) in [5, 5.41) is 3.57. The number of thioether (sulfide) groups is 1. The van der Waals surface area contributed by atoms with Crippen molar-refractivity contribution in [3.05, 3.63) is 0 Å². The molecule has 0 atom stereocenters. The van der Waals surface area contributed by atoms with E-state index in [9.17, 15) is 0 Å². The minimum absolute atomic E-state index is 0.454. The van der Waals surface area contributed by atoms with Gasteiger partial charge < -0.3 is 5.32 Å². The number of nitrogens with zero attached hydrogens (tertiary/aromatic N) is 1. The molecule has 1 rings (SSSR count). The van der Waals surface area contributed by atoms with Crippen molar-refractivity contribution in [2.45, 2.75) is 45.3 Å². The monoisotopic (exact) mass is 258 g/mol. The normalized spacial score (nSPS) is 21.0. The maximum absolute atomic E-state index is 3.57. The quantitative estimate of drug-likeness (QED) is 0.707. The number of rotatable bonds is 7. The molecule has 1 fully saturated rings. The summed E-state index contributed by atoms with van der Waals surface area (Å²) in [6, 6.07) is 0. The Bertz CT molecular complexity index is 204. The fourth-order valence-electron chi connectivity index (χ4n) is 2.30. The van der Waals surface area contributed by atoms with E-state index in [1.54, 1.807) is 0 Å². The first-order valence-corrected chi connectivity index (χ1v) is 8.05. The molecule has 1 N–H and O–H groups in total. The number of hydrogen-bond donors (Lipinski definition) is 1. The highest BCUT2D eigenvalue weighted by Crippen LogP contribution is 2.28. The summed E-state index contributed by atoms with van der Waals surface area (Å²) < 4.78 is 0.454. The van der Waals surface area contributed by atoms with E-state index < -0.39 is 0 Å². The lowest BCUT2D eigenvalue weighted by atomic mass is 10.1. The summed E-state index contributed by atoms with van der Waals surface area (Å²) in [6.07, 6.45) is 2.67. The van der Waals surface area contributed by atoms with Crippen LogP contribution in [0.1, 0.15) is 40.5 Å². The van der Waals surface area contributed by atoms with E-state index in [-0.39, 0.29) is 0 Å². The van der Waals surface area contributed by atoms with Gasteiger partial charge in [-0.25, -0.2) is 0 Å². The van der Waals surface area contributed by atoms with Gasteiger partial charge in [-0.3, -0.25) is 4.90 Å². The van der Waals surface area contributed by atoms with Crippen molar-refractivity contribution in [3.8, 4) is 0 Å². The molecule has 0 aromatic rings. The molecule has 3 heteroatoms. The smallest absolute Gasteiger partial charge is 0.0231 e. The minimum Gasteiger partial charge on any atom is -0.315 e. The molecule has 1 heterocycles. The summed E-state index contributed by atoms with van der Waals surface area (Å²) in [7, 11) is 0. The highest BCUT2D eigenvalue weighted by molar-refractivity contribution is 8.00. The van der Waals surface area contributed by atoms with Crippen molar-refractivity contribution in [1.82, 2.24) is 10.2 Å². The van der Waals surface area contributed by atoms with Gasteiger partial charge in [-0.05, 0) is 39.2 Å². The lowest BCUT2D eigenvalue weighted by Crippen LogP contribution is -2.45. The van der Waals surface area contributed by atoms with Crippen LogP contribution in [0, 0.1) is 5.92 Å². The van der Waals surface area contributed by atoms with Crippen molar-refractivity contribution in [2.24, 2.45) is 5.92 Å². The second-order valence-corrected chi connectivity index (χ2v) is 7.97. The Labute approximate surface area is 112 Å². The predicted molar refractivity (Wildman–Crippen MR) is 79.9 cm³/mol. The third-order valence-electron chi connectivity index (χ3n) is 3.24. The molecule has 0 spiro atoms. The second kappa shape index (κ2) is 7.65. The maximum atomic E-state index is 3.57. The van der Waals surface area contributed by atoms with Crippen molar-refractivity contribution >= 4 is 11.8 Å². The Morgan fingerprint density at radius 2 is 2.06 bits per heavy atom. The summed E-state index contributed by atoms with van der Waals surface area (Å²) in [5.74, 6) is 2.14. The largest absolute Gasteiger partial charge is 0.315 e. The average molecular weight is 258 g/mol. The fraction of sp³-hybridized carbons (Fsp3) is 1.00. The zero-order valence-corrected chi connectivity index (χ0v) is 12.9. The Morgan fingerprint density at radius 3 is 2.71 bits per heavy atom. The molecule has 0 amide bonds. The topological polar surface area (TPSA) is 15.3 Å². The molecular formula is C14H30N2S. The molecule has 0 bridgehead atoms. The van der Waals surface area contributed by atoms with Gasteiger partial charge in [0.25, 0.3) is 0 Å². The van der Waals surface area contributed by atoms with Gasteiger partial charge in [-0.1, -0.05) is 13.8 Å². The van der Waals surface area contributed by atoms with Gasteiger partial charge in [0.05, 0.1) is 0 Å². The molecule has 0 unspecified atom stereocenters. The van der Waals surface area contributed by atoms with Crippen LogP contribution in [0.2, 0.25) is 0 Å². The molecule has 0 aromatic heterocycles. The Morgan fingerprint density at radius 1 is 1.29 bits per heavy atom. The zero-order chi connectivity index (χ0) is 12.7. The van der Waals surface area contributed by atoms with E-state index >= 15 is 0 Å². The standard InChI is InChI=1S/C14H30N2S/c1-13(2)6-5-7-15-8-9-16-10-11-17-14(3,4)12-16/h13,15H,5-12H2,1-4H3. The highest BCUT2D eigenvalue weighted by atomic mass is 32.2. The first kappa shape index (κ1) is 15.3. The van der Waals surface area contributed by atoms with Crippen molar-refractivity contribution in [1.29, 1.82) is 0 Å². The van der Waals surface area contributed by atoms with Crippen LogP contribution in [0.15, 0.2) is 0 Å². The molecule has 1 saturated heterocycles. The third kappa shape index (κ3) is 7.32. The predicted octanol–water partition coefficient (Wildman–Crippen LogP) is 2.84. The van der Waals surface area contributed by atoms with E-state index in [1.165, 1.54) is 44.8 Å². The Hall–Kier alpha value is 0.270. The van der Waals surface area contributed by atoms with Crippen LogP contribution < -0.4 is 5.32 Å². The molecule has 17 heavy (non-hydrogen) atoms. The number of nitrogens with one attached hydrogen (secondary N) is 1. The lowest BCUT2D eigenvalue weighted by Gasteiger charge is -2.37. The summed E-state index contributed by atoms with van der Waals surface area (Å²) >= 11 is 2.11. The first-order valence-electron chi connectivity index (χ1n) is 7.07. The van der Waals surface area contributed by atoms with Crippen LogP contribution in [-0.2, 0) is 0 Å². The van der Waals surface area contributed by atoms with Gasteiger partial charge in [0.1, 0.15) is 0 Å². The van der Waals surface area contributed by atoms with Crippen LogP contribution in [0.3, 0.4) is 0 Å². The fourth-order valence-corrected chi connectivity index (χ4v) is 3.48. The molecule has 1 aliphatic rings. The minimum atomic E-state index is 0.454. The molecule has 102 valence electrons. The third-order valence-corrected chi connectivity index (χ3v) is 4.54. The van der Waals surface area contributed by atoms with Crippen LogP contribution >= 0.6 is 11.8 Å². The molecule has 0 radical (unpaired) electrons. The average Bonchev–Trinajstić information content (AvgIpc) is 2.21. The molecule has 2 nitrogen and oxygen atoms in total. The van der Waals surface area contributed by atoms with E-state index in [0.717, 1.165) is 12.5 Å². The zero-order valence-electron chi connectivity index (χ0n) is 12.1. The van der Waals surface area contributed by atoms with Gasteiger partial charge in [-0.15, -0.1) is 0 Å². The van der Waals surface area contributed by atoms with Gasteiger partial charge >= 0.3 is 0 Å².